The summed E-state index contributed by atoms with van der Waals surface area (Å²) in [7, 11) is 0. The Kier molecular flexibility index (Phi) is 7.71. The summed E-state index contributed by atoms with van der Waals surface area (Å²) in [5.74, 6) is 2.57. The summed E-state index contributed by atoms with van der Waals surface area (Å²) in [5, 5.41) is 20.5. The van der Waals surface area contributed by atoms with Crippen molar-refractivity contribution in [1.29, 1.82) is 0 Å². The van der Waals surface area contributed by atoms with E-state index < -0.39 is 0 Å². The van der Waals surface area contributed by atoms with Crippen LogP contribution in [0.15, 0.2) is 35.9 Å². The van der Waals surface area contributed by atoms with E-state index in [0.29, 0.717) is 41.9 Å². The maximum absolute atomic E-state index is 13.1. The van der Waals surface area contributed by atoms with Gasteiger partial charge in [-0.05, 0) is 134 Å². The van der Waals surface area contributed by atoms with Crippen molar-refractivity contribution in [2.24, 2.45) is 50.7 Å². The molecule has 4 saturated carbocycles. The van der Waals surface area contributed by atoms with Crippen LogP contribution in [-0.4, -0.2) is 28.4 Å². The van der Waals surface area contributed by atoms with Crippen LogP contribution in [0.1, 0.15) is 125 Å². The van der Waals surface area contributed by atoms with Crippen LogP contribution in [0.3, 0.4) is 0 Å². The molecule has 9 atom stereocenters. The average molecular weight is 591 g/mol. The van der Waals surface area contributed by atoms with Gasteiger partial charge in [-0.25, -0.2) is 0 Å². The molecule has 0 saturated heterocycles. The zero-order valence-electron chi connectivity index (χ0n) is 28.0. The fraction of sp³-hybridized carbons (Fsp3) is 0.769. The van der Waals surface area contributed by atoms with Crippen LogP contribution in [0.25, 0.3) is 0 Å². The standard InChI is InChI=1S/C39H58O4/c1-35(2)29-15-11-26-24-37(5)21-18-30-36(3,4)33(43-34(42)17-10-25-8-12-27(40)13-9-25)20-23-39(30,7)31(37)16-14-28(26)38(29,6)22-19-32(35)41/h8-9,11-13,28-33,40-41H,10,14-24H2,1-7H3/t28-,29-,30+,31-,32-,33-,37-,38+,39-/m0/s1. The van der Waals surface area contributed by atoms with Crippen molar-refractivity contribution in [3.63, 3.8) is 0 Å². The number of carbonyl (C=O) groups is 1. The number of aryl methyl sites for hydroxylation is 1. The fourth-order valence-corrected chi connectivity index (χ4v) is 12.3. The van der Waals surface area contributed by atoms with Crippen LogP contribution in [-0.2, 0) is 16.0 Å². The molecule has 2 N–H and O–H groups in total. The number of phenols is 1. The highest BCUT2D eigenvalue weighted by molar-refractivity contribution is 5.70. The van der Waals surface area contributed by atoms with Crippen molar-refractivity contribution in [3.05, 3.63) is 41.5 Å². The minimum atomic E-state index is -0.189. The first-order valence-corrected chi connectivity index (χ1v) is 17.5. The Balaban J connectivity index is 1.18. The summed E-state index contributed by atoms with van der Waals surface area (Å²) in [6, 6.07) is 7.13. The molecule has 4 fully saturated rings. The van der Waals surface area contributed by atoms with E-state index in [9.17, 15) is 15.0 Å². The van der Waals surface area contributed by atoms with Crippen LogP contribution in [0, 0.1) is 50.7 Å². The van der Waals surface area contributed by atoms with Crippen molar-refractivity contribution in [1.82, 2.24) is 0 Å². The molecule has 5 aliphatic carbocycles. The molecule has 4 nitrogen and oxygen atoms in total. The lowest BCUT2D eigenvalue weighted by Gasteiger charge is -2.64. The molecule has 6 rings (SSSR count). The van der Waals surface area contributed by atoms with Gasteiger partial charge >= 0.3 is 5.97 Å². The van der Waals surface area contributed by atoms with Crippen LogP contribution in [0.5, 0.6) is 5.75 Å². The zero-order valence-corrected chi connectivity index (χ0v) is 28.0. The minimum Gasteiger partial charge on any atom is -0.508 e. The predicted molar refractivity (Wildman–Crippen MR) is 172 cm³/mol. The van der Waals surface area contributed by atoms with Gasteiger partial charge in [-0.15, -0.1) is 0 Å². The van der Waals surface area contributed by atoms with Gasteiger partial charge in [-0.1, -0.05) is 72.2 Å². The molecule has 0 bridgehead atoms. The molecule has 1 aromatic carbocycles. The second kappa shape index (κ2) is 10.6. The normalized spacial score (nSPS) is 43.1. The van der Waals surface area contributed by atoms with Crippen molar-refractivity contribution >= 4 is 5.97 Å². The number of allylic oxidation sites excluding steroid dienone is 2. The highest BCUT2D eigenvalue weighted by Crippen LogP contribution is 2.70. The summed E-state index contributed by atoms with van der Waals surface area (Å²) in [5.41, 5.74) is 3.56. The predicted octanol–water partition coefficient (Wildman–Crippen LogP) is 9.03. The molecular weight excluding hydrogens is 532 g/mol. The number of aliphatic hydroxyl groups is 1. The van der Waals surface area contributed by atoms with Crippen LogP contribution >= 0.6 is 0 Å². The number of aliphatic hydroxyl groups excluding tert-OH is 1. The molecule has 0 aromatic heterocycles. The fourth-order valence-electron chi connectivity index (χ4n) is 12.3. The Morgan fingerprint density at radius 2 is 1.51 bits per heavy atom. The summed E-state index contributed by atoms with van der Waals surface area (Å²) in [4.78, 5) is 13.1. The van der Waals surface area contributed by atoms with E-state index >= 15 is 0 Å². The number of hydrogen-bond acceptors (Lipinski definition) is 4. The first kappa shape index (κ1) is 31.2. The molecule has 1 aromatic rings. The van der Waals surface area contributed by atoms with Gasteiger partial charge < -0.3 is 14.9 Å². The molecular formula is C39H58O4. The SMILES string of the molecule is CC1(C)[C@@H](OC(=O)CCc2ccc(O)cc2)CC[C@@]2(C)[C@@H]1CC[C@@]1(C)CC3=CC[C@H]4C(C)(C)[C@@H](O)CC[C@]4(C)[C@H]3CC[C@@H]12. The van der Waals surface area contributed by atoms with E-state index in [1.807, 2.05) is 12.1 Å². The number of aromatic hydroxyl groups is 1. The monoisotopic (exact) mass is 590 g/mol. The average Bonchev–Trinajstić information content (AvgIpc) is 3.09. The van der Waals surface area contributed by atoms with Crippen LogP contribution in [0.2, 0.25) is 0 Å². The largest absolute Gasteiger partial charge is 0.508 e. The number of esters is 1. The minimum absolute atomic E-state index is 0.0288. The van der Waals surface area contributed by atoms with E-state index in [-0.39, 0.29) is 45.6 Å². The Labute approximate surface area is 261 Å². The van der Waals surface area contributed by atoms with Gasteiger partial charge in [0.2, 0.25) is 0 Å². The lowest BCUT2D eigenvalue weighted by atomic mass is 9.42. The van der Waals surface area contributed by atoms with Crippen molar-refractivity contribution in [2.45, 2.75) is 138 Å². The Morgan fingerprint density at radius 1 is 0.814 bits per heavy atom. The highest BCUT2D eigenvalue weighted by atomic mass is 16.5. The van der Waals surface area contributed by atoms with E-state index in [2.05, 4.69) is 54.5 Å². The summed E-state index contributed by atoms with van der Waals surface area (Å²) >= 11 is 0. The first-order chi connectivity index (χ1) is 20.1. The molecule has 0 radical (unpaired) electrons. The number of rotatable bonds is 4. The topological polar surface area (TPSA) is 66.8 Å². The maximum atomic E-state index is 13.1. The first-order valence-electron chi connectivity index (χ1n) is 17.5. The number of phenolic OH excluding ortho intramolecular Hbond substituents is 1. The second-order valence-electron chi connectivity index (χ2n) is 17.6. The molecule has 0 amide bonds. The molecule has 0 aliphatic heterocycles. The van der Waals surface area contributed by atoms with Gasteiger partial charge in [-0.2, -0.15) is 0 Å². The number of benzene rings is 1. The number of ether oxygens (including phenoxy) is 1. The molecule has 0 spiro atoms. The van der Waals surface area contributed by atoms with Crippen LogP contribution in [0.4, 0.5) is 0 Å². The smallest absolute Gasteiger partial charge is 0.306 e. The lowest BCUT2D eigenvalue weighted by Crippen LogP contribution is -2.59. The lowest BCUT2D eigenvalue weighted by molar-refractivity contribution is -0.193. The van der Waals surface area contributed by atoms with E-state index in [0.717, 1.165) is 37.7 Å². The molecule has 238 valence electrons. The van der Waals surface area contributed by atoms with E-state index in [4.69, 9.17) is 4.74 Å². The van der Waals surface area contributed by atoms with Crippen molar-refractivity contribution in [2.75, 3.05) is 0 Å². The van der Waals surface area contributed by atoms with E-state index in [1.54, 1.807) is 17.7 Å². The zero-order chi connectivity index (χ0) is 31.0. The Bertz CT molecular complexity index is 1240. The van der Waals surface area contributed by atoms with Gasteiger partial charge in [0.1, 0.15) is 11.9 Å². The third kappa shape index (κ3) is 5.01. The van der Waals surface area contributed by atoms with Crippen molar-refractivity contribution < 1.29 is 19.7 Å². The third-order valence-electron chi connectivity index (χ3n) is 14.7. The Morgan fingerprint density at radius 3 is 2.23 bits per heavy atom. The van der Waals surface area contributed by atoms with Crippen LogP contribution < -0.4 is 0 Å². The summed E-state index contributed by atoms with van der Waals surface area (Å²) in [6.45, 7) is 17.2. The van der Waals surface area contributed by atoms with Gasteiger partial charge in [0.15, 0.2) is 0 Å². The molecule has 5 aliphatic rings. The molecule has 0 heterocycles. The Hall–Kier alpha value is -1.81. The number of hydrogen-bond donors (Lipinski definition) is 2. The van der Waals surface area contributed by atoms with Crippen molar-refractivity contribution in [3.8, 4) is 5.75 Å². The quantitative estimate of drug-likeness (QED) is 0.271. The summed E-state index contributed by atoms with van der Waals surface area (Å²) in [6.07, 6.45) is 15.0. The van der Waals surface area contributed by atoms with Gasteiger partial charge in [0.05, 0.1) is 6.10 Å². The van der Waals surface area contributed by atoms with E-state index in [1.165, 1.54) is 32.1 Å². The highest BCUT2D eigenvalue weighted by Gasteiger charge is 2.63. The molecule has 4 heteroatoms. The van der Waals surface area contributed by atoms with Gasteiger partial charge in [-0.3, -0.25) is 4.79 Å². The molecule has 43 heavy (non-hydrogen) atoms. The number of carbonyl (C=O) groups excluding carboxylic acids is 1. The third-order valence-corrected chi connectivity index (χ3v) is 14.7. The second-order valence-corrected chi connectivity index (χ2v) is 17.6. The van der Waals surface area contributed by atoms with Gasteiger partial charge in [0, 0.05) is 11.8 Å². The molecule has 0 unspecified atom stereocenters. The maximum Gasteiger partial charge on any atom is 0.306 e. The van der Waals surface area contributed by atoms with Gasteiger partial charge in [0.25, 0.3) is 0 Å². The number of fused-ring (bicyclic) bond motifs is 6. The summed E-state index contributed by atoms with van der Waals surface area (Å²) < 4.78 is 6.29.